The molecular formula is C31H37N5O8S2. The van der Waals surface area contributed by atoms with Gasteiger partial charge in [-0.15, -0.1) is 0 Å². The van der Waals surface area contributed by atoms with Crippen molar-refractivity contribution in [2.45, 2.75) is 61.9 Å². The lowest BCUT2D eigenvalue weighted by Gasteiger charge is -2.34. The summed E-state index contributed by atoms with van der Waals surface area (Å²) in [4.78, 5) is 30.3. The first-order valence-corrected chi connectivity index (χ1v) is 17.7. The van der Waals surface area contributed by atoms with Crippen molar-refractivity contribution in [3.63, 3.8) is 0 Å². The van der Waals surface area contributed by atoms with Crippen LogP contribution in [0, 0.1) is 0 Å². The predicted molar refractivity (Wildman–Crippen MR) is 171 cm³/mol. The molecule has 2 amide bonds. The van der Waals surface area contributed by atoms with Crippen molar-refractivity contribution in [3.05, 3.63) is 78.1 Å². The highest BCUT2D eigenvalue weighted by Gasteiger charge is 2.33. The summed E-state index contributed by atoms with van der Waals surface area (Å²) in [6.45, 7) is 8.22. The van der Waals surface area contributed by atoms with Crippen LogP contribution >= 0.6 is 0 Å². The fourth-order valence-corrected chi connectivity index (χ4v) is 8.68. The molecule has 3 aromatic rings. The molecule has 1 aromatic heterocycles. The lowest BCUT2D eigenvalue weighted by molar-refractivity contribution is -0.0442. The lowest BCUT2D eigenvalue weighted by atomic mass is 10.2. The molecule has 0 saturated carbocycles. The second kappa shape index (κ2) is 13.6. The number of morpholine rings is 2. The number of pyridine rings is 1. The van der Waals surface area contributed by atoms with Crippen LogP contribution in [-0.4, -0.2) is 92.8 Å². The summed E-state index contributed by atoms with van der Waals surface area (Å²) in [5, 5.41) is 5.43. The van der Waals surface area contributed by atoms with Crippen LogP contribution in [-0.2, 0) is 29.5 Å². The van der Waals surface area contributed by atoms with E-state index in [4.69, 9.17) is 9.47 Å². The van der Waals surface area contributed by atoms with Crippen LogP contribution in [0.1, 0.15) is 48.4 Å². The number of amides is 2. The number of ether oxygens (including phenoxy) is 2. The first-order valence-electron chi connectivity index (χ1n) is 14.8. The number of aromatic nitrogens is 1. The molecule has 2 N–H and O–H groups in total. The summed E-state index contributed by atoms with van der Waals surface area (Å²) < 4.78 is 66.7. The van der Waals surface area contributed by atoms with Crippen molar-refractivity contribution in [1.82, 2.24) is 13.6 Å². The predicted octanol–water partition coefficient (Wildman–Crippen LogP) is 3.18. The number of carbonyl (C=O) groups excluding carboxylic acids is 2. The van der Waals surface area contributed by atoms with Gasteiger partial charge in [0.15, 0.2) is 0 Å². The third-order valence-corrected chi connectivity index (χ3v) is 11.3. The number of hydrogen-bond donors (Lipinski definition) is 2. The molecule has 0 bridgehead atoms. The van der Waals surface area contributed by atoms with Crippen molar-refractivity contribution in [2.24, 2.45) is 0 Å². The van der Waals surface area contributed by atoms with E-state index in [1.807, 2.05) is 27.7 Å². The summed E-state index contributed by atoms with van der Waals surface area (Å²) >= 11 is 0. The van der Waals surface area contributed by atoms with Gasteiger partial charge in [0.2, 0.25) is 20.0 Å². The average molecular weight is 672 g/mol. The zero-order valence-corrected chi connectivity index (χ0v) is 27.5. The smallest absolute Gasteiger partial charge is 0.255 e. The van der Waals surface area contributed by atoms with Gasteiger partial charge in [-0.1, -0.05) is 0 Å². The molecule has 246 valence electrons. The van der Waals surface area contributed by atoms with Crippen LogP contribution in [0.3, 0.4) is 0 Å². The van der Waals surface area contributed by atoms with Gasteiger partial charge in [-0.2, -0.15) is 8.61 Å². The average Bonchev–Trinajstić information content (AvgIpc) is 3.01. The van der Waals surface area contributed by atoms with Crippen LogP contribution in [0.4, 0.5) is 11.4 Å². The zero-order chi connectivity index (χ0) is 33.2. The molecule has 0 unspecified atom stereocenters. The van der Waals surface area contributed by atoms with E-state index in [0.717, 1.165) is 0 Å². The monoisotopic (exact) mass is 671 g/mol. The molecule has 0 spiro atoms. The minimum Gasteiger partial charge on any atom is -0.373 e. The van der Waals surface area contributed by atoms with Crippen molar-refractivity contribution in [1.29, 1.82) is 0 Å². The van der Waals surface area contributed by atoms with Crippen LogP contribution in [0.25, 0.3) is 0 Å². The maximum atomic E-state index is 13.2. The molecule has 0 aliphatic carbocycles. The molecule has 2 aliphatic rings. The van der Waals surface area contributed by atoms with Crippen molar-refractivity contribution < 1.29 is 35.9 Å². The van der Waals surface area contributed by atoms with Gasteiger partial charge in [0.1, 0.15) is 0 Å². The largest absolute Gasteiger partial charge is 0.373 e. The van der Waals surface area contributed by atoms with Crippen molar-refractivity contribution >= 4 is 43.2 Å². The summed E-state index contributed by atoms with van der Waals surface area (Å²) in [5.41, 5.74) is 0.877. The third-order valence-electron chi connectivity index (χ3n) is 7.60. The number of rotatable bonds is 8. The second-order valence-corrected chi connectivity index (χ2v) is 15.4. The second-order valence-electron chi connectivity index (χ2n) is 11.5. The molecule has 15 heteroatoms. The van der Waals surface area contributed by atoms with Gasteiger partial charge in [-0.05, 0) is 82.3 Å². The molecule has 2 saturated heterocycles. The molecule has 46 heavy (non-hydrogen) atoms. The highest BCUT2D eigenvalue weighted by Crippen LogP contribution is 2.25. The van der Waals surface area contributed by atoms with Gasteiger partial charge in [0.05, 0.1) is 51.8 Å². The number of carbonyl (C=O) groups is 2. The van der Waals surface area contributed by atoms with E-state index in [9.17, 15) is 26.4 Å². The minimum atomic E-state index is -3.77. The first kappa shape index (κ1) is 33.6. The Hall–Kier alpha value is -3.73. The van der Waals surface area contributed by atoms with Gasteiger partial charge in [0, 0.05) is 43.5 Å². The van der Waals surface area contributed by atoms with E-state index < -0.39 is 31.9 Å². The number of benzene rings is 2. The van der Waals surface area contributed by atoms with Crippen LogP contribution in [0.5, 0.6) is 0 Å². The number of nitrogens with one attached hydrogen (secondary N) is 2. The van der Waals surface area contributed by atoms with E-state index in [2.05, 4.69) is 15.6 Å². The molecular weight excluding hydrogens is 635 g/mol. The molecule has 0 radical (unpaired) electrons. The Balaban J connectivity index is 1.25. The van der Waals surface area contributed by atoms with E-state index in [1.165, 1.54) is 75.6 Å². The van der Waals surface area contributed by atoms with Gasteiger partial charge >= 0.3 is 0 Å². The maximum absolute atomic E-state index is 13.2. The molecule has 2 aromatic carbocycles. The molecule has 13 nitrogen and oxygen atoms in total. The number of anilines is 2. The minimum absolute atomic E-state index is 0.0626. The van der Waals surface area contributed by atoms with Crippen LogP contribution in [0.15, 0.2) is 76.8 Å². The van der Waals surface area contributed by atoms with Crippen molar-refractivity contribution in [3.8, 4) is 0 Å². The van der Waals surface area contributed by atoms with E-state index >= 15 is 0 Å². The standard InChI is InChI=1S/C31H37N5O8S2/c1-20-16-35(17-21(2)43-20)45(39,40)26-9-5-24(6-10-26)30(37)33-28-13-14-32-15-29(28)34-31(38)25-7-11-27(12-8-25)46(41,42)36-18-22(3)44-23(4)19-36/h5-15,20-23H,16-19H2,1-4H3,(H,34,38)(H,32,33,37)/t20-,21-,22+,23+/m1/s1. The Morgan fingerprint density at radius 3 is 1.39 bits per heavy atom. The summed E-state index contributed by atoms with van der Waals surface area (Å²) in [6, 6.07) is 12.7. The van der Waals surface area contributed by atoms with E-state index in [-0.39, 0.29) is 82.9 Å². The highest BCUT2D eigenvalue weighted by molar-refractivity contribution is 7.89. The summed E-state index contributed by atoms with van der Waals surface area (Å²) in [6.07, 6.45) is 1.87. The first-order chi connectivity index (χ1) is 21.7. The Kier molecular flexibility index (Phi) is 9.91. The molecule has 2 fully saturated rings. The fourth-order valence-electron chi connectivity index (χ4n) is 5.50. The molecule has 4 atom stereocenters. The normalized spacial score (nSPS) is 23.0. The van der Waals surface area contributed by atoms with Crippen LogP contribution < -0.4 is 10.6 Å². The Labute approximate surface area is 269 Å². The number of hydrogen-bond acceptors (Lipinski definition) is 9. The molecule has 2 aliphatic heterocycles. The fraction of sp³-hybridized carbons (Fsp3) is 0.387. The summed E-state index contributed by atoms with van der Waals surface area (Å²) in [5.74, 6) is -1.07. The third kappa shape index (κ3) is 7.45. The summed E-state index contributed by atoms with van der Waals surface area (Å²) in [7, 11) is -7.55. The number of sulfonamides is 2. The lowest BCUT2D eigenvalue weighted by Crippen LogP contribution is -2.48. The van der Waals surface area contributed by atoms with Gasteiger partial charge in [-0.25, -0.2) is 16.8 Å². The highest BCUT2D eigenvalue weighted by atomic mass is 32.2. The molecule has 5 rings (SSSR count). The topological polar surface area (TPSA) is 164 Å². The Morgan fingerprint density at radius 1 is 0.630 bits per heavy atom. The maximum Gasteiger partial charge on any atom is 0.255 e. The number of nitrogens with zero attached hydrogens (tertiary/aromatic N) is 3. The molecule has 3 heterocycles. The quantitative estimate of drug-likeness (QED) is 0.366. The Bertz CT molecular complexity index is 1650. The Morgan fingerprint density at radius 2 is 1.00 bits per heavy atom. The van der Waals surface area contributed by atoms with E-state index in [0.29, 0.717) is 0 Å². The van der Waals surface area contributed by atoms with Crippen molar-refractivity contribution in [2.75, 3.05) is 36.8 Å². The van der Waals surface area contributed by atoms with E-state index in [1.54, 1.807) is 0 Å². The van der Waals surface area contributed by atoms with Gasteiger partial charge in [-0.3, -0.25) is 14.6 Å². The van der Waals surface area contributed by atoms with Gasteiger partial charge in [0.25, 0.3) is 11.8 Å². The van der Waals surface area contributed by atoms with Gasteiger partial charge < -0.3 is 20.1 Å². The zero-order valence-electron chi connectivity index (χ0n) is 25.9. The SMILES string of the molecule is C[C@@H]1CN(S(=O)(=O)c2ccc(C(=O)Nc3ccncc3NC(=O)c3ccc(S(=O)(=O)N4C[C@H](C)O[C@@H](C)C4)cc3)cc2)C[C@@H](C)O1. The van der Waals surface area contributed by atoms with Crippen LogP contribution in [0.2, 0.25) is 0 Å².